The summed E-state index contributed by atoms with van der Waals surface area (Å²) in [6.45, 7) is 5.34. The van der Waals surface area contributed by atoms with Gasteiger partial charge in [-0.05, 0) is 29.5 Å². The fourth-order valence-corrected chi connectivity index (χ4v) is 4.99. The van der Waals surface area contributed by atoms with Crippen molar-refractivity contribution >= 4 is 0 Å². The Kier molecular flexibility index (Phi) is 18.1. The van der Waals surface area contributed by atoms with E-state index < -0.39 is 0 Å². The van der Waals surface area contributed by atoms with Crippen LogP contribution in [0.15, 0.2) is 65.8 Å². The Bertz CT molecular complexity index is 855. The maximum Gasteiger partial charge on any atom is 0.0925 e. The average Bonchev–Trinajstić information content (AvgIpc) is 2.96. The summed E-state index contributed by atoms with van der Waals surface area (Å²) in [5, 5.41) is 4.12. The first-order valence-electron chi connectivity index (χ1n) is 15.1. The molecule has 0 heterocycles. The second kappa shape index (κ2) is 21.6. The Hall–Kier alpha value is -2.33. The number of nitrogens with zero attached hydrogens (tertiary/aromatic N) is 3. The number of azide groups is 1. The monoisotopic (exact) mass is 521 g/mol. The number of hydrogen-bond acceptors (Lipinski definition) is 3. The van der Waals surface area contributed by atoms with Crippen molar-refractivity contribution in [2.24, 2.45) is 5.11 Å². The van der Waals surface area contributed by atoms with Gasteiger partial charge in [-0.25, -0.2) is 0 Å². The molecule has 2 aromatic rings. The highest BCUT2D eigenvalue weighted by Gasteiger charge is 2.30. The van der Waals surface area contributed by atoms with Gasteiger partial charge in [0.05, 0.1) is 31.5 Å². The van der Waals surface area contributed by atoms with E-state index in [-0.39, 0.29) is 18.2 Å². The molecule has 0 spiro atoms. The van der Waals surface area contributed by atoms with E-state index in [4.69, 9.17) is 9.47 Å². The van der Waals surface area contributed by atoms with Gasteiger partial charge in [-0.1, -0.05) is 157 Å². The summed E-state index contributed by atoms with van der Waals surface area (Å²) in [6, 6.07) is 20.2. The van der Waals surface area contributed by atoms with E-state index in [1.807, 2.05) is 36.4 Å². The molecule has 0 aliphatic carbocycles. The van der Waals surface area contributed by atoms with Gasteiger partial charge < -0.3 is 9.47 Å². The Morgan fingerprint density at radius 3 is 1.61 bits per heavy atom. The number of hydrogen-bond donors (Lipinski definition) is 0. The molecular formula is C33H51N3O2. The molecular weight excluding hydrogens is 470 g/mol. The van der Waals surface area contributed by atoms with Crippen LogP contribution in [0.2, 0.25) is 0 Å². The third-order valence-electron chi connectivity index (χ3n) is 7.30. The standard InChI is InChI=1S/C33H51N3O2/c1-3-5-6-7-8-9-10-11-12-13-14-21-26-32(37-27-29-22-17-15-18-23-29)33(31(4-2)35-36-34)38-28-30-24-19-16-20-25-30/h15-20,22-25,31-33H,3-14,21,26-28H2,1-2H3/t31-,32-,33-/m0/s1. The maximum absolute atomic E-state index is 9.24. The third kappa shape index (κ3) is 14.0. The minimum atomic E-state index is -0.285. The van der Waals surface area contributed by atoms with Crippen molar-refractivity contribution < 1.29 is 9.47 Å². The first-order valence-corrected chi connectivity index (χ1v) is 15.1. The molecule has 3 atom stereocenters. The molecule has 0 bridgehead atoms. The van der Waals surface area contributed by atoms with Gasteiger partial charge in [-0.15, -0.1) is 0 Å². The van der Waals surface area contributed by atoms with Crippen molar-refractivity contribution in [3.63, 3.8) is 0 Å². The lowest BCUT2D eigenvalue weighted by Crippen LogP contribution is -2.40. The van der Waals surface area contributed by atoms with Crippen molar-refractivity contribution in [1.82, 2.24) is 0 Å². The normalized spacial score (nSPS) is 13.5. The maximum atomic E-state index is 9.24. The summed E-state index contributed by atoms with van der Waals surface area (Å²) in [7, 11) is 0. The van der Waals surface area contributed by atoms with Gasteiger partial charge in [0.25, 0.3) is 0 Å². The molecule has 210 valence electrons. The third-order valence-corrected chi connectivity index (χ3v) is 7.30. The van der Waals surface area contributed by atoms with Crippen LogP contribution < -0.4 is 0 Å². The van der Waals surface area contributed by atoms with E-state index in [1.54, 1.807) is 0 Å². The summed E-state index contributed by atoms with van der Waals surface area (Å²) >= 11 is 0. The van der Waals surface area contributed by atoms with Crippen LogP contribution in [0.4, 0.5) is 0 Å². The number of ether oxygens (including phenoxy) is 2. The van der Waals surface area contributed by atoms with Crippen molar-refractivity contribution in [2.45, 2.75) is 135 Å². The lowest BCUT2D eigenvalue weighted by atomic mass is 9.97. The first kappa shape index (κ1) is 31.9. The minimum Gasteiger partial charge on any atom is -0.371 e. The van der Waals surface area contributed by atoms with Gasteiger partial charge >= 0.3 is 0 Å². The van der Waals surface area contributed by atoms with Crippen LogP contribution in [0.25, 0.3) is 10.4 Å². The molecule has 0 aliphatic heterocycles. The predicted octanol–water partition coefficient (Wildman–Crippen LogP) is 10.3. The van der Waals surface area contributed by atoms with Crippen LogP contribution in [0.1, 0.15) is 115 Å². The molecule has 0 unspecified atom stereocenters. The molecule has 38 heavy (non-hydrogen) atoms. The molecule has 5 heteroatoms. The molecule has 0 amide bonds. The Labute approximate surface area is 232 Å². The highest BCUT2D eigenvalue weighted by atomic mass is 16.5. The zero-order valence-corrected chi connectivity index (χ0v) is 24.0. The SMILES string of the molecule is CCCCCCCCCCCCCC[C@H](OCc1ccccc1)[C@@H](OCc1ccccc1)[C@H](CC)N=[N+]=[N-]. The lowest BCUT2D eigenvalue weighted by molar-refractivity contribution is -0.0990. The smallest absolute Gasteiger partial charge is 0.0925 e. The average molecular weight is 522 g/mol. The van der Waals surface area contributed by atoms with Crippen LogP contribution in [-0.2, 0) is 22.7 Å². The van der Waals surface area contributed by atoms with Crippen LogP contribution in [-0.4, -0.2) is 18.2 Å². The highest BCUT2D eigenvalue weighted by Crippen LogP contribution is 2.24. The van der Waals surface area contributed by atoms with E-state index in [2.05, 4.69) is 48.1 Å². The van der Waals surface area contributed by atoms with E-state index in [0.29, 0.717) is 19.6 Å². The summed E-state index contributed by atoms with van der Waals surface area (Å²) in [5.74, 6) is 0. The van der Waals surface area contributed by atoms with E-state index >= 15 is 0 Å². The predicted molar refractivity (Wildman–Crippen MR) is 159 cm³/mol. The molecule has 0 fully saturated rings. The quantitative estimate of drug-likeness (QED) is 0.0631. The van der Waals surface area contributed by atoms with Crippen LogP contribution in [0.3, 0.4) is 0 Å². The fourth-order valence-electron chi connectivity index (χ4n) is 4.99. The van der Waals surface area contributed by atoms with Crippen molar-refractivity contribution in [2.75, 3.05) is 0 Å². The lowest BCUT2D eigenvalue weighted by Gasteiger charge is -2.31. The van der Waals surface area contributed by atoms with Crippen molar-refractivity contribution in [3.8, 4) is 0 Å². The van der Waals surface area contributed by atoms with Gasteiger partial charge in [0, 0.05) is 4.91 Å². The number of rotatable bonds is 23. The Balaban J connectivity index is 1.89. The zero-order chi connectivity index (χ0) is 27.1. The number of unbranched alkanes of at least 4 members (excludes halogenated alkanes) is 11. The summed E-state index contributed by atoms with van der Waals surface area (Å²) in [4.78, 5) is 3.14. The van der Waals surface area contributed by atoms with Gasteiger partial charge in [0.1, 0.15) is 0 Å². The summed E-state index contributed by atoms with van der Waals surface area (Å²) in [6.07, 6.45) is 17.1. The molecule has 0 saturated carbocycles. The molecule has 0 N–H and O–H groups in total. The van der Waals surface area contributed by atoms with Gasteiger partial charge in [-0.2, -0.15) is 0 Å². The first-order chi connectivity index (χ1) is 18.8. The molecule has 2 aromatic carbocycles. The van der Waals surface area contributed by atoms with Crippen LogP contribution in [0.5, 0.6) is 0 Å². The van der Waals surface area contributed by atoms with Gasteiger partial charge in [-0.3, -0.25) is 0 Å². The van der Waals surface area contributed by atoms with Crippen molar-refractivity contribution in [1.29, 1.82) is 0 Å². The topological polar surface area (TPSA) is 67.2 Å². The van der Waals surface area contributed by atoms with E-state index in [1.165, 1.54) is 70.6 Å². The van der Waals surface area contributed by atoms with Crippen LogP contribution in [0, 0.1) is 0 Å². The molecule has 5 nitrogen and oxygen atoms in total. The second-order valence-electron chi connectivity index (χ2n) is 10.5. The van der Waals surface area contributed by atoms with Gasteiger partial charge in [0.2, 0.25) is 0 Å². The fraction of sp³-hybridized carbons (Fsp3) is 0.636. The highest BCUT2D eigenvalue weighted by molar-refractivity contribution is 5.14. The van der Waals surface area contributed by atoms with E-state index in [0.717, 1.165) is 24.0 Å². The van der Waals surface area contributed by atoms with Crippen LogP contribution >= 0.6 is 0 Å². The summed E-state index contributed by atoms with van der Waals surface area (Å²) in [5.41, 5.74) is 11.5. The van der Waals surface area contributed by atoms with Gasteiger partial charge in [0.15, 0.2) is 0 Å². The number of benzene rings is 2. The molecule has 2 rings (SSSR count). The molecule has 0 saturated heterocycles. The zero-order valence-electron chi connectivity index (χ0n) is 24.0. The second-order valence-corrected chi connectivity index (χ2v) is 10.5. The minimum absolute atomic E-state index is 0.127. The van der Waals surface area contributed by atoms with E-state index in [9.17, 15) is 5.53 Å². The largest absolute Gasteiger partial charge is 0.371 e. The summed E-state index contributed by atoms with van der Waals surface area (Å²) < 4.78 is 13.0. The molecule has 0 aliphatic rings. The molecule has 0 aromatic heterocycles. The van der Waals surface area contributed by atoms with Crippen molar-refractivity contribution in [3.05, 3.63) is 82.2 Å². The Morgan fingerprint density at radius 2 is 1.13 bits per heavy atom. The molecule has 0 radical (unpaired) electrons. The Morgan fingerprint density at radius 1 is 0.658 bits per heavy atom.